The number of rotatable bonds is 2. The van der Waals surface area contributed by atoms with Crippen LogP contribution in [0.3, 0.4) is 0 Å². The SMILES string of the molecule is O=C(NC1CCCC1)c1ccc2nc(C(F)(F)F)[nH]c2c1. The Bertz CT molecular complexity index is 672. The van der Waals surface area contributed by atoms with Gasteiger partial charge in [0.15, 0.2) is 0 Å². The van der Waals surface area contributed by atoms with Crippen molar-refractivity contribution in [3.05, 3.63) is 29.6 Å². The number of carbonyl (C=O) groups is 1. The zero-order chi connectivity index (χ0) is 15.0. The molecular formula is C14H14F3N3O. The Balaban J connectivity index is 1.84. The van der Waals surface area contributed by atoms with Gasteiger partial charge in [-0.1, -0.05) is 12.8 Å². The van der Waals surface area contributed by atoms with Gasteiger partial charge in [-0.2, -0.15) is 13.2 Å². The number of imidazole rings is 1. The van der Waals surface area contributed by atoms with E-state index in [9.17, 15) is 18.0 Å². The molecule has 0 bridgehead atoms. The number of benzene rings is 1. The molecule has 21 heavy (non-hydrogen) atoms. The van der Waals surface area contributed by atoms with Gasteiger partial charge in [-0.15, -0.1) is 0 Å². The van der Waals surface area contributed by atoms with Gasteiger partial charge in [0, 0.05) is 11.6 Å². The lowest BCUT2D eigenvalue weighted by Gasteiger charge is -2.11. The summed E-state index contributed by atoms with van der Waals surface area (Å²) in [4.78, 5) is 17.8. The molecule has 1 amide bonds. The first-order valence-electron chi connectivity index (χ1n) is 6.81. The Morgan fingerprint density at radius 1 is 1.29 bits per heavy atom. The number of aromatic amines is 1. The van der Waals surface area contributed by atoms with Crippen molar-refractivity contribution < 1.29 is 18.0 Å². The third kappa shape index (κ3) is 2.86. The van der Waals surface area contributed by atoms with E-state index in [0.29, 0.717) is 5.56 Å². The van der Waals surface area contributed by atoms with Crippen LogP contribution in [-0.4, -0.2) is 21.9 Å². The molecule has 0 radical (unpaired) electrons. The Labute approximate surface area is 118 Å². The van der Waals surface area contributed by atoms with Gasteiger partial charge in [0.25, 0.3) is 5.91 Å². The van der Waals surface area contributed by atoms with Crippen LogP contribution in [0.5, 0.6) is 0 Å². The molecule has 0 aliphatic heterocycles. The van der Waals surface area contributed by atoms with Gasteiger partial charge >= 0.3 is 6.18 Å². The average Bonchev–Trinajstić information content (AvgIpc) is 3.04. The van der Waals surface area contributed by atoms with Crippen molar-refractivity contribution in [2.24, 2.45) is 0 Å². The quantitative estimate of drug-likeness (QED) is 0.894. The van der Waals surface area contributed by atoms with Crippen molar-refractivity contribution in [1.82, 2.24) is 15.3 Å². The number of halogens is 3. The molecule has 2 N–H and O–H groups in total. The Kier molecular flexibility index (Phi) is 3.35. The van der Waals surface area contributed by atoms with Crippen molar-refractivity contribution in [3.63, 3.8) is 0 Å². The second kappa shape index (κ2) is 5.05. The molecule has 2 aromatic rings. The first-order chi connectivity index (χ1) is 9.93. The van der Waals surface area contributed by atoms with Crippen LogP contribution in [0.1, 0.15) is 41.9 Å². The maximum Gasteiger partial charge on any atom is 0.449 e. The first-order valence-corrected chi connectivity index (χ1v) is 6.81. The van der Waals surface area contributed by atoms with Crippen molar-refractivity contribution in [2.45, 2.75) is 37.9 Å². The molecule has 0 spiro atoms. The standard InChI is InChI=1S/C14H14F3N3O/c15-14(16,17)13-19-10-6-5-8(7-11(10)20-13)12(21)18-9-3-1-2-4-9/h5-7,9H,1-4H2,(H,18,21)(H,19,20). The normalized spacial score (nSPS) is 16.5. The summed E-state index contributed by atoms with van der Waals surface area (Å²) in [5, 5.41) is 2.90. The highest BCUT2D eigenvalue weighted by Crippen LogP contribution is 2.28. The fourth-order valence-electron chi connectivity index (χ4n) is 2.62. The molecule has 112 valence electrons. The molecule has 1 aromatic heterocycles. The predicted octanol–water partition coefficient (Wildman–Crippen LogP) is 3.25. The number of amides is 1. The van der Waals surface area contributed by atoms with Crippen LogP contribution in [0.15, 0.2) is 18.2 Å². The van der Waals surface area contributed by atoms with Gasteiger partial charge in [0.2, 0.25) is 5.82 Å². The van der Waals surface area contributed by atoms with E-state index in [-0.39, 0.29) is 23.0 Å². The summed E-state index contributed by atoms with van der Waals surface area (Å²) < 4.78 is 37.7. The molecule has 0 atom stereocenters. The lowest BCUT2D eigenvalue weighted by atomic mass is 10.1. The molecular weight excluding hydrogens is 283 g/mol. The van der Waals surface area contributed by atoms with Crippen LogP contribution in [0.4, 0.5) is 13.2 Å². The van der Waals surface area contributed by atoms with E-state index in [0.717, 1.165) is 25.7 Å². The number of fused-ring (bicyclic) bond motifs is 1. The smallest absolute Gasteiger partial charge is 0.349 e. The van der Waals surface area contributed by atoms with E-state index < -0.39 is 12.0 Å². The van der Waals surface area contributed by atoms with Gasteiger partial charge in [0.1, 0.15) is 0 Å². The lowest BCUT2D eigenvalue weighted by Crippen LogP contribution is -2.32. The minimum absolute atomic E-state index is 0.167. The van der Waals surface area contributed by atoms with Gasteiger partial charge < -0.3 is 10.3 Å². The summed E-state index contributed by atoms with van der Waals surface area (Å²) in [6.07, 6.45) is -0.420. The molecule has 1 aliphatic rings. The van der Waals surface area contributed by atoms with Gasteiger partial charge in [-0.25, -0.2) is 4.98 Å². The highest BCUT2D eigenvalue weighted by atomic mass is 19.4. The molecule has 4 nitrogen and oxygen atoms in total. The summed E-state index contributed by atoms with van der Waals surface area (Å²) >= 11 is 0. The van der Waals surface area contributed by atoms with Crippen molar-refractivity contribution in [3.8, 4) is 0 Å². The third-order valence-corrected chi connectivity index (χ3v) is 3.70. The van der Waals surface area contributed by atoms with Gasteiger partial charge in [-0.05, 0) is 31.0 Å². The lowest BCUT2D eigenvalue weighted by molar-refractivity contribution is -0.144. The molecule has 1 aliphatic carbocycles. The van der Waals surface area contributed by atoms with Crippen LogP contribution >= 0.6 is 0 Å². The van der Waals surface area contributed by atoms with Crippen LogP contribution < -0.4 is 5.32 Å². The fourth-order valence-corrected chi connectivity index (χ4v) is 2.62. The molecule has 3 rings (SSSR count). The summed E-state index contributed by atoms with van der Waals surface area (Å²) in [6, 6.07) is 4.49. The number of carbonyl (C=O) groups excluding carboxylic acids is 1. The summed E-state index contributed by atoms with van der Waals surface area (Å²) in [5.74, 6) is -1.31. The molecule has 0 saturated heterocycles. The Hall–Kier alpha value is -2.05. The van der Waals surface area contributed by atoms with Gasteiger partial charge in [0.05, 0.1) is 11.0 Å². The summed E-state index contributed by atoms with van der Waals surface area (Å²) in [6.45, 7) is 0. The predicted molar refractivity (Wildman–Crippen MR) is 70.8 cm³/mol. The summed E-state index contributed by atoms with van der Waals surface area (Å²) in [7, 11) is 0. The van der Waals surface area contributed by atoms with Crippen molar-refractivity contribution >= 4 is 16.9 Å². The number of nitrogens with zero attached hydrogens (tertiary/aromatic N) is 1. The zero-order valence-electron chi connectivity index (χ0n) is 11.1. The van der Waals surface area contributed by atoms with E-state index in [2.05, 4.69) is 15.3 Å². The van der Waals surface area contributed by atoms with E-state index in [1.54, 1.807) is 0 Å². The number of nitrogens with one attached hydrogen (secondary N) is 2. The second-order valence-electron chi connectivity index (χ2n) is 5.27. The van der Waals surface area contributed by atoms with Crippen molar-refractivity contribution in [1.29, 1.82) is 0 Å². The highest BCUT2D eigenvalue weighted by molar-refractivity contribution is 5.97. The molecule has 1 saturated carbocycles. The number of aromatic nitrogens is 2. The second-order valence-corrected chi connectivity index (χ2v) is 5.27. The molecule has 1 heterocycles. The van der Waals surface area contributed by atoms with E-state index in [1.165, 1.54) is 18.2 Å². The monoisotopic (exact) mass is 297 g/mol. The Morgan fingerprint density at radius 3 is 2.67 bits per heavy atom. The molecule has 1 fully saturated rings. The number of hydrogen-bond acceptors (Lipinski definition) is 2. The zero-order valence-corrected chi connectivity index (χ0v) is 11.1. The minimum Gasteiger partial charge on any atom is -0.349 e. The van der Waals surface area contributed by atoms with Crippen molar-refractivity contribution in [2.75, 3.05) is 0 Å². The minimum atomic E-state index is -4.52. The Morgan fingerprint density at radius 2 is 2.00 bits per heavy atom. The van der Waals surface area contributed by atoms with Crippen LogP contribution in [0, 0.1) is 0 Å². The summed E-state index contributed by atoms with van der Waals surface area (Å²) in [5.41, 5.74) is 0.743. The van der Waals surface area contributed by atoms with Crippen LogP contribution in [0.2, 0.25) is 0 Å². The fraction of sp³-hybridized carbons (Fsp3) is 0.429. The van der Waals surface area contributed by atoms with E-state index in [4.69, 9.17) is 0 Å². The largest absolute Gasteiger partial charge is 0.449 e. The molecule has 1 aromatic carbocycles. The maximum atomic E-state index is 12.6. The number of H-pyrrole nitrogens is 1. The van der Waals surface area contributed by atoms with E-state index >= 15 is 0 Å². The van der Waals surface area contributed by atoms with E-state index in [1.807, 2.05) is 0 Å². The highest BCUT2D eigenvalue weighted by Gasteiger charge is 2.34. The molecule has 0 unspecified atom stereocenters. The topological polar surface area (TPSA) is 57.8 Å². The maximum absolute atomic E-state index is 12.6. The number of alkyl halides is 3. The van der Waals surface area contributed by atoms with Crippen LogP contribution in [-0.2, 0) is 6.18 Å². The van der Waals surface area contributed by atoms with Gasteiger partial charge in [-0.3, -0.25) is 4.79 Å². The molecule has 7 heteroatoms. The average molecular weight is 297 g/mol. The first kappa shape index (κ1) is 13.9. The number of hydrogen-bond donors (Lipinski definition) is 2. The third-order valence-electron chi connectivity index (χ3n) is 3.70. The van der Waals surface area contributed by atoms with Crippen LogP contribution in [0.25, 0.3) is 11.0 Å².